The van der Waals surface area contributed by atoms with Crippen LogP contribution in [0.3, 0.4) is 0 Å². The molecule has 0 atom stereocenters. The number of benzene rings is 1. The molecule has 0 unspecified atom stereocenters. The molecule has 0 bridgehead atoms. The zero-order valence-corrected chi connectivity index (χ0v) is 9.91. The molecule has 17 heavy (non-hydrogen) atoms. The van der Waals surface area contributed by atoms with E-state index in [0.717, 1.165) is 32.1 Å². The second-order valence-corrected chi connectivity index (χ2v) is 4.96. The van der Waals surface area contributed by atoms with E-state index < -0.39 is 0 Å². The summed E-state index contributed by atoms with van der Waals surface area (Å²) in [4.78, 5) is 11.8. The molecule has 0 radical (unpaired) electrons. The van der Waals surface area contributed by atoms with Gasteiger partial charge in [0.25, 0.3) is 0 Å². The Morgan fingerprint density at radius 1 is 1.24 bits per heavy atom. The molecule has 0 spiro atoms. The van der Waals surface area contributed by atoms with Gasteiger partial charge in [0.15, 0.2) is 0 Å². The highest BCUT2D eigenvalue weighted by Gasteiger charge is 2.23. The number of carbonyl (C=O) groups excluding carboxylic acids is 1. The average molecular weight is 227 g/mol. The van der Waals surface area contributed by atoms with Crippen LogP contribution >= 0.6 is 0 Å². The van der Waals surface area contributed by atoms with Crippen LogP contribution in [0.5, 0.6) is 0 Å². The third-order valence-corrected chi connectivity index (χ3v) is 3.48. The molecule has 1 fully saturated rings. The first-order valence-corrected chi connectivity index (χ1v) is 6.42. The van der Waals surface area contributed by atoms with Crippen LogP contribution in [0.15, 0.2) is 30.3 Å². The van der Waals surface area contributed by atoms with Gasteiger partial charge in [0.1, 0.15) is 0 Å². The van der Waals surface area contributed by atoms with Gasteiger partial charge >= 0.3 is 0 Å². The number of nitrogens with one attached hydrogen (secondary N) is 1. The standard InChI is InChI=1S/C15H17NO/c17-15(16-13-8-9-13)10-12-6-3-5-11-4-1-2-7-14(11)12/h1-2,4,7,10,13H,3,5-6,8-9H2,(H,16,17)/b12-10-. The summed E-state index contributed by atoms with van der Waals surface area (Å²) in [5.41, 5.74) is 3.85. The predicted molar refractivity (Wildman–Crippen MR) is 68.5 cm³/mol. The monoisotopic (exact) mass is 227 g/mol. The van der Waals surface area contributed by atoms with Crippen LogP contribution in [0.2, 0.25) is 0 Å². The maximum Gasteiger partial charge on any atom is 0.244 e. The van der Waals surface area contributed by atoms with Crippen LogP contribution in [-0.4, -0.2) is 11.9 Å². The molecule has 0 aromatic heterocycles. The lowest BCUT2D eigenvalue weighted by Crippen LogP contribution is -2.23. The van der Waals surface area contributed by atoms with Crippen molar-refractivity contribution in [3.63, 3.8) is 0 Å². The van der Waals surface area contributed by atoms with Crippen molar-refractivity contribution in [2.24, 2.45) is 0 Å². The van der Waals surface area contributed by atoms with Crippen molar-refractivity contribution < 1.29 is 4.79 Å². The first kappa shape index (κ1) is 10.6. The van der Waals surface area contributed by atoms with Gasteiger partial charge < -0.3 is 5.32 Å². The Kier molecular flexibility index (Phi) is 2.71. The van der Waals surface area contributed by atoms with Gasteiger partial charge in [-0.2, -0.15) is 0 Å². The van der Waals surface area contributed by atoms with Crippen molar-refractivity contribution in [3.05, 3.63) is 41.5 Å². The number of aryl methyl sites for hydroxylation is 1. The molecular weight excluding hydrogens is 210 g/mol. The van der Waals surface area contributed by atoms with E-state index in [9.17, 15) is 4.79 Å². The summed E-state index contributed by atoms with van der Waals surface area (Å²) in [6.45, 7) is 0. The molecule has 0 saturated heterocycles. The van der Waals surface area contributed by atoms with E-state index in [-0.39, 0.29) is 5.91 Å². The summed E-state index contributed by atoms with van der Waals surface area (Å²) in [6, 6.07) is 8.87. The topological polar surface area (TPSA) is 29.1 Å². The molecule has 0 aliphatic heterocycles. The van der Waals surface area contributed by atoms with Gasteiger partial charge in [0, 0.05) is 12.1 Å². The van der Waals surface area contributed by atoms with Crippen molar-refractivity contribution in [3.8, 4) is 0 Å². The predicted octanol–water partition coefficient (Wildman–Crippen LogP) is 2.68. The molecule has 2 aliphatic rings. The number of amides is 1. The number of hydrogen-bond acceptors (Lipinski definition) is 1. The Labute approximate surface area is 102 Å². The summed E-state index contributed by atoms with van der Waals surface area (Å²) in [5.74, 6) is 0.0826. The molecule has 0 heterocycles. The molecule has 2 aliphatic carbocycles. The molecule has 88 valence electrons. The number of fused-ring (bicyclic) bond motifs is 1. The molecule has 1 saturated carbocycles. The van der Waals surface area contributed by atoms with E-state index >= 15 is 0 Å². The van der Waals surface area contributed by atoms with Crippen molar-refractivity contribution in [2.45, 2.75) is 38.1 Å². The Morgan fingerprint density at radius 2 is 2.06 bits per heavy atom. The molecule has 1 aromatic rings. The SMILES string of the molecule is O=C(/C=C1/CCCc2ccccc21)NC1CC1. The quantitative estimate of drug-likeness (QED) is 0.773. The smallest absolute Gasteiger partial charge is 0.244 e. The van der Waals surface area contributed by atoms with E-state index in [1.165, 1.54) is 16.7 Å². The lowest BCUT2D eigenvalue weighted by molar-refractivity contribution is -0.116. The van der Waals surface area contributed by atoms with Gasteiger partial charge in [-0.1, -0.05) is 24.3 Å². The highest BCUT2D eigenvalue weighted by atomic mass is 16.1. The summed E-state index contributed by atoms with van der Waals surface area (Å²) >= 11 is 0. The maximum absolute atomic E-state index is 11.8. The lowest BCUT2D eigenvalue weighted by atomic mass is 9.87. The lowest BCUT2D eigenvalue weighted by Gasteiger charge is -2.18. The van der Waals surface area contributed by atoms with Crippen molar-refractivity contribution in [1.82, 2.24) is 5.32 Å². The first-order valence-electron chi connectivity index (χ1n) is 6.42. The van der Waals surface area contributed by atoms with Gasteiger partial charge in [-0.05, 0) is 48.8 Å². The van der Waals surface area contributed by atoms with E-state index in [1.807, 2.05) is 0 Å². The number of hydrogen-bond donors (Lipinski definition) is 1. The van der Waals surface area contributed by atoms with E-state index in [4.69, 9.17) is 0 Å². The second-order valence-electron chi connectivity index (χ2n) is 4.96. The average Bonchev–Trinajstić information content (AvgIpc) is 3.13. The van der Waals surface area contributed by atoms with E-state index in [0.29, 0.717) is 6.04 Å². The molecule has 2 nitrogen and oxygen atoms in total. The van der Waals surface area contributed by atoms with Crippen LogP contribution < -0.4 is 5.32 Å². The van der Waals surface area contributed by atoms with E-state index in [1.54, 1.807) is 6.08 Å². The highest BCUT2D eigenvalue weighted by molar-refractivity contribution is 5.96. The third-order valence-electron chi connectivity index (χ3n) is 3.48. The van der Waals surface area contributed by atoms with Gasteiger partial charge in [-0.3, -0.25) is 4.79 Å². The molecule has 1 N–H and O–H groups in total. The Hall–Kier alpha value is -1.57. The third kappa shape index (κ3) is 2.41. The van der Waals surface area contributed by atoms with Crippen LogP contribution in [0.1, 0.15) is 36.8 Å². The second kappa shape index (κ2) is 4.36. The Bertz CT molecular complexity index is 472. The van der Waals surface area contributed by atoms with Crippen molar-refractivity contribution in [1.29, 1.82) is 0 Å². The van der Waals surface area contributed by atoms with Gasteiger partial charge in [0.2, 0.25) is 5.91 Å². The van der Waals surface area contributed by atoms with Crippen LogP contribution in [-0.2, 0) is 11.2 Å². The van der Waals surface area contributed by atoms with Crippen LogP contribution in [0.25, 0.3) is 5.57 Å². The van der Waals surface area contributed by atoms with Crippen LogP contribution in [0.4, 0.5) is 0 Å². The molecular formula is C15H17NO. The summed E-state index contributed by atoms with van der Waals surface area (Å²) in [6.07, 6.45) is 7.40. The fourth-order valence-electron chi connectivity index (χ4n) is 2.43. The van der Waals surface area contributed by atoms with Crippen molar-refractivity contribution >= 4 is 11.5 Å². The number of allylic oxidation sites excluding steroid dienone is 1. The van der Waals surface area contributed by atoms with Gasteiger partial charge in [-0.15, -0.1) is 0 Å². The van der Waals surface area contributed by atoms with Crippen molar-refractivity contribution in [2.75, 3.05) is 0 Å². The fourth-order valence-corrected chi connectivity index (χ4v) is 2.43. The van der Waals surface area contributed by atoms with Crippen LogP contribution in [0, 0.1) is 0 Å². The minimum absolute atomic E-state index is 0.0826. The minimum Gasteiger partial charge on any atom is -0.350 e. The number of rotatable bonds is 2. The first-order chi connectivity index (χ1) is 8.33. The Balaban J connectivity index is 1.83. The number of carbonyl (C=O) groups is 1. The zero-order valence-electron chi connectivity index (χ0n) is 9.91. The fraction of sp³-hybridized carbons (Fsp3) is 0.400. The minimum atomic E-state index is 0.0826. The maximum atomic E-state index is 11.8. The summed E-state index contributed by atoms with van der Waals surface area (Å²) in [7, 11) is 0. The normalized spacial score (nSPS) is 21.1. The molecule has 1 amide bonds. The summed E-state index contributed by atoms with van der Waals surface area (Å²) in [5, 5.41) is 3.02. The summed E-state index contributed by atoms with van der Waals surface area (Å²) < 4.78 is 0. The molecule has 2 heteroatoms. The molecule has 1 aromatic carbocycles. The largest absolute Gasteiger partial charge is 0.350 e. The van der Waals surface area contributed by atoms with Gasteiger partial charge in [0.05, 0.1) is 0 Å². The molecule has 3 rings (SSSR count). The van der Waals surface area contributed by atoms with E-state index in [2.05, 4.69) is 29.6 Å². The highest BCUT2D eigenvalue weighted by Crippen LogP contribution is 2.30. The van der Waals surface area contributed by atoms with Gasteiger partial charge in [-0.25, -0.2) is 0 Å². The Morgan fingerprint density at radius 3 is 2.88 bits per heavy atom. The zero-order chi connectivity index (χ0) is 11.7.